The van der Waals surface area contributed by atoms with E-state index in [0.29, 0.717) is 31.6 Å². The molecule has 1 atom stereocenters. The minimum atomic E-state index is -0.533. The van der Waals surface area contributed by atoms with E-state index in [0.717, 1.165) is 18.7 Å². The van der Waals surface area contributed by atoms with Crippen molar-refractivity contribution in [2.24, 2.45) is 0 Å². The van der Waals surface area contributed by atoms with Crippen molar-refractivity contribution in [3.05, 3.63) is 17.5 Å². The fourth-order valence-electron chi connectivity index (χ4n) is 3.29. The van der Waals surface area contributed by atoms with Gasteiger partial charge in [-0.05, 0) is 13.3 Å². The first kappa shape index (κ1) is 14.9. The van der Waals surface area contributed by atoms with E-state index in [4.69, 9.17) is 4.74 Å². The summed E-state index contributed by atoms with van der Waals surface area (Å²) in [5.41, 5.74) is 1.01. The number of likely N-dealkylation sites (N-methyl/N-ethyl adjacent to an activating group) is 1. The Hall–Kier alpha value is -2.05. The van der Waals surface area contributed by atoms with Crippen LogP contribution in [0.1, 0.15) is 35.8 Å². The molecule has 0 bridgehead atoms. The molecule has 2 fully saturated rings. The van der Waals surface area contributed by atoms with Crippen LogP contribution in [0.4, 0.5) is 4.79 Å². The van der Waals surface area contributed by atoms with E-state index in [2.05, 4.69) is 12.0 Å². The summed E-state index contributed by atoms with van der Waals surface area (Å²) in [4.78, 5) is 27.6. The predicted octanol–water partition coefficient (Wildman–Crippen LogP) is 1.27. The first-order chi connectivity index (χ1) is 10.5. The monoisotopic (exact) mass is 306 g/mol. The molecule has 3 heterocycles. The Morgan fingerprint density at radius 1 is 1.45 bits per heavy atom. The van der Waals surface area contributed by atoms with Crippen LogP contribution in [0, 0.1) is 6.92 Å². The molecule has 120 valence electrons. The molecule has 0 N–H and O–H groups in total. The summed E-state index contributed by atoms with van der Waals surface area (Å²) >= 11 is 0. The average molecular weight is 306 g/mol. The van der Waals surface area contributed by atoms with Crippen molar-refractivity contribution < 1.29 is 14.3 Å². The topological polar surface area (TPSA) is 67.7 Å². The first-order valence-corrected chi connectivity index (χ1v) is 7.71. The van der Waals surface area contributed by atoms with Crippen LogP contribution in [0.5, 0.6) is 0 Å². The molecule has 0 radical (unpaired) electrons. The minimum Gasteiger partial charge on any atom is -0.439 e. The van der Waals surface area contributed by atoms with Crippen LogP contribution in [0.3, 0.4) is 0 Å². The Bertz CT molecular complexity index is 612. The number of carbonyl (C=O) groups excluding carboxylic acids is 2. The Morgan fingerprint density at radius 2 is 2.23 bits per heavy atom. The lowest BCUT2D eigenvalue weighted by molar-refractivity contribution is 0.0552. The third-order valence-electron chi connectivity index (χ3n) is 4.51. The molecule has 0 saturated carbocycles. The summed E-state index contributed by atoms with van der Waals surface area (Å²) in [7, 11) is 1.72. The van der Waals surface area contributed by atoms with Crippen LogP contribution < -0.4 is 0 Å². The molecule has 3 rings (SSSR count). The highest BCUT2D eigenvalue weighted by atomic mass is 16.6. The van der Waals surface area contributed by atoms with Crippen molar-refractivity contribution in [1.82, 2.24) is 19.6 Å². The van der Waals surface area contributed by atoms with Gasteiger partial charge in [0.25, 0.3) is 5.91 Å². The standard InChI is InChI=1S/C15H22N4O3/c1-4-6-19-11(2)12(8-16-19)13(20)18-7-5-15(10-18)9-17(3)14(21)22-15/h8H,4-7,9-10H2,1-3H3/t15-/m1/s1. The third-order valence-corrected chi connectivity index (χ3v) is 4.51. The molecule has 22 heavy (non-hydrogen) atoms. The van der Waals surface area contributed by atoms with Gasteiger partial charge in [-0.1, -0.05) is 6.92 Å². The number of aromatic nitrogens is 2. The molecule has 2 aliphatic heterocycles. The van der Waals surface area contributed by atoms with Crippen molar-refractivity contribution in [3.8, 4) is 0 Å². The van der Waals surface area contributed by atoms with E-state index < -0.39 is 5.60 Å². The zero-order valence-corrected chi connectivity index (χ0v) is 13.3. The molecular weight excluding hydrogens is 284 g/mol. The molecule has 1 aromatic heterocycles. The fraction of sp³-hybridized carbons (Fsp3) is 0.667. The molecule has 7 heteroatoms. The maximum atomic E-state index is 12.7. The summed E-state index contributed by atoms with van der Waals surface area (Å²) in [6.07, 6.45) is 3.01. The van der Waals surface area contributed by atoms with Gasteiger partial charge in [0.2, 0.25) is 0 Å². The Morgan fingerprint density at radius 3 is 2.86 bits per heavy atom. The summed E-state index contributed by atoms with van der Waals surface area (Å²) in [6, 6.07) is 0. The number of hydrogen-bond donors (Lipinski definition) is 0. The average Bonchev–Trinajstić information content (AvgIpc) is 3.12. The Balaban J connectivity index is 1.73. The van der Waals surface area contributed by atoms with Crippen LogP contribution in [0.25, 0.3) is 0 Å². The van der Waals surface area contributed by atoms with Gasteiger partial charge in [0, 0.05) is 32.3 Å². The van der Waals surface area contributed by atoms with E-state index in [1.165, 1.54) is 0 Å². The van der Waals surface area contributed by atoms with E-state index in [-0.39, 0.29) is 12.0 Å². The molecule has 1 spiro atoms. The van der Waals surface area contributed by atoms with Crippen LogP contribution in [0.15, 0.2) is 6.20 Å². The minimum absolute atomic E-state index is 0.0256. The molecule has 1 aromatic rings. The maximum Gasteiger partial charge on any atom is 0.410 e. The van der Waals surface area contributed by atoms with E-state index >= 15 is 0 Å². The molecule has 7 nitrogen and oxygen atoms in total. The fourth-order valence-corrected chi connectivity index (χ4v) is 3.29. The molecule has 2 saturated heterocycles. The number of ether oxygens (including phenoxy) is 1. The number of amides is 2. The van der Waals surface area contributed by atoms with Crippen molar-refractivity contribution in [3.63, 3.8) is 0 Å². The highest BCUT2D eigenvalue weighted by molar-refractivity contribution is 5.95. The van der Waals surface area contributed by atoms with Gasteiger partial charge in [0.15, 0.2) is 5.60 Å². The van der Waals surface area contributed by atoms with Gasteiger partial charge in [-0.25, -0.2) is 4.79 Å². The second-order valence-corrected chi connectivity index (χ2v) is 6.25. The number of nitrogens with zero attached hydrogens (tertiary/aromatic N) is 4. The van der Waals surface area contributed by atoms with Crippen LogP contribution in [-0.4, -0.2) is 63.9 Å². The highest BCUT2D eigenvalue weighted by Crippen LogP contribution is 2.32. The number of hydrogen-bond acceptors (Lipinski definition) is 4. The van der Waals surface area contributed by atoms with Crippen LogP contribution in [-0.2, 0) is 11.3 Å². The van der Waals surface area contributed by atoms with Gasteiger partial charge in [-0.15, -0.1) is 0 Å². The zero-order chi connectivity index (χ0) is 15.9. The number of rotatable bonds is 3. The normalized spacial score (nSPS) is 24.4. The first-order valence-electron chi connectivity index (χ1n) is 7.71. The second-order valence-electron chi connectivity index (χ2n) is 6.25. The third kappa shape index (κ3) is 2.34. The van der Waals surface area contributed by atoms with Gasteiger partial charge >= 0.3 is 6.09 Å². The van der Waals surface area contributed by atoms with E-state index in [1.54, 1.807) is 23.0 Å². The lowest BCUT2D eigenvalue weighted by Gasteiger charge is -2.21. The zero-order valence-electron chi connectivity index (χ0n) is 13.3. The van der Waals surface area contributed by atoms with Crippen LogP contribution >= 0.6 is 0 Å². The Kier molecular flexibility index (Phi) is 3.58. The quantitative estimate of drug-likeness (QED) is 0.843. The van der Waals surface area contributed by atoms with Crippen LogP contribution in [0.2, 0.25) is 0 Å². The molecule has 0 unspecified atom stereocenters. The predicted molar refractivity (Wildman–Crippen MR) is 79.6 cm³/mol. The molecule has 0 aromatic carbocycles. The number of carbonyl (C=O) groups is 2. The molecule has 2 amide bonds. The largest absolute Gasteiger partial charge is 0.439 e. The Labute approximate surface area is 129 Å². The lowest BCUT2D eigenvalue weighted by Crippen LogP contribution is -2.39. The summed E-state index contributed by atoms with van der Waals surface area (Å²) in [5, 5.41) is 4.29. The number of likely N-dealkylation sites (tertiary alicyclic amines) is 1. The summed E-state index contributed by atoms with van der Waals surface area (Å²) in [6.45, 7) is 6.43. The van der Waals surface area contributed by atoms with E-state index in [9.17, 15) is 9.59 Å². The van der Waals surface area contributed by atoms with Crippen molar-refractivity contribution in [2.75, 3.05) is 26.7 Å². The number of aryl methyl sites for hydroxylation is 1. The molecular formula is C15H22N4O3. The van der Waals surface area contributed by atoms with Crippen molar-refractivity contribution in [2.45, 2.75) is 38.8 Å². The van der Waals surface area contributed by atoms with Gasteiger partial charge < -0.3 is 14.5 Å². The van der Waals surface area contributed by atoms with Gasteiger partial charge in [0.1, 0.15) is 0 Å². The second kappa shape index (κ2) is 5.30. The highest BCUT2D eigenvalue weighted by Gasteiger charge is 2.49. The maximum absolute atomic E-state index is 12.7. The summed E-state index contributed by atoms with van der Waals surface area (Å²) < 4.78 is 7.35. The smallest absolute Gasteiger partial charge is 0.410 e. The van der Waals surface area contributed by atoms with Crippen molar-refractivity contribution >= 4 is 12.0 Å². The van der Waals surface area contributed by atoms with Gasteiger partial charge in [-0.2, -0.15) is 5.10 Å². The molecule has 2 aliphatic rings. The van der Waals surface area contributed by atoms with Crippen molar-refractivity contribution in [1.29, 1.82) is 0 Å². The molecule has 0 aliphatic carbocycles. The summed E-state index contributed by atoms with van der Waals surface area (Å²) in [5.74, 6) is -0.0256. The SMILES string of the molecule is CCCn1ncc(C(=O)N2CC[C@@]3(CN(C)C(=O)O3)C2)c1C. The van der Waals surface area contributed by atoms with Gasteiger partial charge in [0.05, 0.1) is 24.8 Å². The van der Waals surface area contributed by atoms with E-state index in [1.807, 2.05) is 11.6 Å². The van der Waals surface area contributed by atoms with Gasteiger partial charge in [-0.3, -0.25) is 9.48 Å². The lowest BCUT2D eigenvalue weighted by atomic mass is 10.0.